The molecule has 0 fully saturated rings. The van der Waals surface area contributed by atoms with E-state index in [1.54, 1.807) is 31.2 Å². The van der Waals surface area contributed by atoms with Gasteiger partial charge < -0.3 is 19.5 Å². The Morgan fingerprint density at radius 2 is 1.90 bits per heavy atom. The number of benzene rings is 2. The second-order valence-electron chi connectivity index (χ2n) is 6.45. The standard InChI is InChI=1S/C23H24N2O5/c1-5-29-22(26)14-30-20-9-7-17(12-21(20)28-4)11-18(13-24)23(27)25-19-8-6-15(2)10-16(19)3/h6-12H,5,14H2,1-4H3,(H,25,27)/b18-11+. The molecular weight excluding hydrogens is 384 g/mol. The maximum Gasteiger partial charge on any atom is 0.344 e. The van der Waals surface area contributed by atoms with Crippen LogP contribution in [0.1, 0.15) is 23.6 Å². The van der Waals surface area contributed by atoms with Crippen LogP contribution in [0.15, 0.2) is 42.0 Å². The predicted molar refractivity (Wildman–Crippen MR) is 113 cm³/mol. The molecule has 0 radical (unpaired) electrons. The number of hydrogen-bond acceptors (Lipinski definition) is 6. The molecule has 30 heavy (non-hydrogen) atoms. The molecule has 0 saturated heterocycles. The summed E-state index contributed by atoms with van der Waals surface area (Å²) in [6.07, 6.45) is 1.45. The molecule has 0 aliphatic rings. The van der Waals surface area contributed by atoms with E-state index in [-0.39, 0.29) is 18.8 Å². The number of carbonyl (C=O) groups excluding carboxylic acids is 2. The third-order valence-electron chi connectivity index (χ3n) is 4.14. The molecule has 0 atom stereocenters. The number of hydrogen-bond donors (Lipinski definition) is 1. The van der Waals surface area contributed by atoms with Crippen molar-refractivity contribution in [2.24, 2.45) is 0 Å². The first-order valence-corrected chi connectivity index (χ1v) is 9.34. The molecule has 7 heteroatoms. The highest BCUT2D eigenvalue weighted by atomic mass is 16.6. The zero-order valence-corrected chi connectivity index (χ0v) is 17.4. The van der Waals surface area contributed by atoms with E-state index < -0.39 is 11.9 Å². The average Bonchev–Trinajstić information content (AvgIpc) is 2.72. The zero-order chi connectivity index (χ0) is 22.1. The summed E-state index contributed by atoms with van der Waals surface area (Å²) in [5.41, 5.74) is 3.15. The van der Waals surface area contributed by atoms with E-state index in [9.17, 15) is 14.9 Å². The van der Waals surface area contributed by atoms with Gasteiger partial charge in [-0.2, -0.15) is 5.26 Å². The van der Waals surface area contributed by atoms with Crippen LogP contribution in [-0.4, -0.2) is 32.2 Å². The van der Waals surface area contributed by atoms with Crippen LogP contribution in [0.3, 0.4) is 0 Å². The summed E-state index contributed by atoms with van der Waals surface area (Å²) < 4.78 is 15.5. The van der Waals surface area contributed by atoms with E-state index in [4.69, 9.17) is 14.2 Å². The number of ether oxygens (including phenoxy) is 3. The fraction of sp³-hybridized carbons (Fsp3) is 0.261. The molecule has 0 spiro atoms. The van der Waals surface area contributed by atoms with Crippen LogP contribution in [0.25, 0.3) is 6.08 Å². The van der Waals surface area contributed by atoms with Crippen molar-refractivity contribution in [1.29, 1.82) is 5.26 Å². The third kappa shape index (κ3) is 6.11. The monoisotopic (exact) mass is 408 g/mol. The van der Waals surface area contributed by atoms with Crippen molar-refractivity contribution in [3.05, 3.63) is 58.7 Å². The highest BCUT2D eigenvalue weighted by molar-refractivity contribution is 6.10. The number of nitrogens with one attached hydrogen (secondary N) is 1. The van der Waals surface area contributed by atoms with Gasteiger partial charge >= 0.3 is 5.97 Å². The topological polar surface area (TPSA) is 97.7 Å². The molecule has 0 bridgehead atoms. The van der Waals surface area contributed by atoms with Crippen LogP contribution in [0.5, 0.6) is 11.5 Å². The molecular formula is C23H24N2O5. The van der Waals surface area contributed by atoms with E-state index in [1.165, 1.54) is 13.2 Å². The Kier molecular flexibility index (Phi) is 8.00. The SMILES string of the molecule is CCOC(=O)COc1ccc(/C=C(\C#N)C(=O)Nc2ccc(C)cc2C)cc1OC. The largest absolute Gasteiger partial charge is 0.493 e. The number of nitrogens with zero attached hydrogens (tertiary/aromatic N) is 1. The summed E-state index contributed by atoms with van der Waals surface area (Å²) in [7, 11) is 1.46. The van der Waals surface area contributed by atoms with Crippen LogP contribution < -0.4 is 14.8 Å². The van der Waals surface area contributed by atoms with Crippen molar-refractivity contribution >= 4 is 23.6 Å². The summed E-state index contributed by atoms with van der Waals surface area (Å²) in [6, 6.07) is 12.4. The van der Waals surface area contributed by atoms with Crippen molar-refractivity contribution in [2.45, 2.75) is 20.8 Å². The van der Waals surface area contributed by atoms with E-state index >= 15 is 0 Å². The zero-order valence-electron chi connectivity index (χ0n) is 17.4. The van der Waals surface area contributed by atoms with E-state index in [2.05, 4.69) is 5.32 Å². The number of nitriles is 1. The van der Waals surface area contributed by atoms with Crippen LogP contribution in [0.4, 0.5) is 5.69 Å². The molecule has 1 amide bonds. The van der Waals surface area contributed by atoms with Crippen LogP contribution in [-0.2, 0) is 14.3 Å². The Hall–Kier alpha value is -3.79. The van der Waals surface area contributed by atoms with Gasteiger partial charge in [0.15, 0.2) is 18.1 Å². The summed E-state index contributed by atoms with van der Waals surface area (Å²) in [5.74, 6) is -0.287. The minimum Gasteiger partial charge on any atom is -0.493 e. The van der Waals surface area contributed by atoms with Crippen LogP contribution in [0, 0.1) is 25.2 Å². The first-order valence-electron chi connectivity index (χ1n) is 9.34. The van der Waals surface area contributed by atoms with Gasteiger partial charge in [0.25, 0.3) is 5.91 Å². The number of carbonyl (C=O) groups is 2. The lowest BCUT2D eigenvalue weighted by atomic mass is 10.1. The first-order chi connectivity index (χ1) is 14.4. The van der Waals surface area contributed by atoms with E-state index in [1.807, 2.05) is 32.0 Å². The third-order valence-corrected chi connectivity index (χ3v) is 4.14. The second-order valence-corrected chi connectivity index (χ2v) is 6.45. The van der Waals surface area contributed by atoms with Gasteiger partial charge in [0.2, 0.25) is 0 Å². The van der Waals surface area contributed by atoms with Gasteiger partial charge in [-0.3, -0.25) is 4.79 Å². The van der Waals surface area contributed by atoms with Gasteiger partial charge in [-0.15, -0.1) is 0 Å². The number of esters is 1. The molecule has 0 aliphatic heterocycles. The number of rotatable bonds is 8. The van der Waals surface area contributed by atoms with Crippen molar-refractivity contribution in [2.75, 3.05) is 25.6 Å². The molecule has 2 aromatic carbocycles. The lowest BCUT2D eigenvalue weighted by Gasteiger charge is -2.11. The molecule has 2 aromatic rings. The van der Waals surface area contributed by atoms with Gasteiger partial charge in [-0.05, 0) is 56.2 Å². The van der Waals surface area contributed by atoms with Crippen molar-refractivity contribution in [1.82, 2.24) is 0 Å². The van der Waals surface area contributed by atoms with Crippen molar-refractivity contribution in [3.8, 4) is 17.6 Å². The summed E-state index contributed by atoms with van der Waals surface area (Å²) in [4.78, 5) is 24.0. The smallest absolute Gasteiger partial charge is 0.344 e. The molecule has 0 saturated carbocycles. The van der Waals surface area contributed by atoms with Gasteiger partial charge in [-0.1, -0.05) is 23.8 Å². The fourth-order valence-electron chi connectivity index (χ4n) is 2.69. The van der Waals surface area contributed by atoms with Crippen LogP contribution >= 0.6 is 0 Å². The van der Waals surface area contributed by atoms with Crippen LogP contribution in [0.2, 0.25) is 0 Å². The Morgan fingerprint density at radius 3 is 2.53 bits per heavy atom. The summed E-state index contributed by atoms with van der Waals surface area (Å²) in [6.45, 7) is 5.58. The second kappa shape index (κ2) is 10.7. The molecule has 1 N–H and O–H groups in total. The highest BCUT2D eigenvalue weighted by Gasteiger charge is 2.13. The Morgan fingerprint density at radius 1 is 1.13 bits per heavy atom. The van der Waals surface area contributed by atoms with E-state index in [0.29, 0.717) is 22.7 Å². The minimum atomic E-state index is -0.508. The molecule has 156 valence electrons. The number of amides is 1. The molecule has 0 aliphatic carbocycles. The van der Waals surface area contributed by atoms with Gasteiger partial charge in [0, 0.05) is 5.69 Å². The maximum absolute atomic E-state index is 12.5. The van der Waals surface area contributed by atoms with E-state index in [0.717, 1.165) is 11.1 Å². The highest BCUT2D eigenvalue weighted by Crippen LogP contribution is 2.29. The van der Waals surface area contributed by atoms with Crippen molar-refractivity contribution < 1.29 is 23.8 Å². The lowest BCUT2D eigenvalue weighted by Crippen LogP contribution is -2.15. The number of anilines is 1. The summed E-state index contributed by atoms with van der Waals surface area (Å²) in [5, 5.41) is 12.2. The average molecular weight is 408 g/mol. The van der Waals surface area contributed by atoms with Gasteiger partial charge in [-0.25, -0.2) is 4.79 Å². The Balaban J connectivity index is 2.19. The minimum absolute atomic E-state index is 0.0581. The maximum atomic E-state index is 12.5. The fourth-order valence-corrected chi connectivity index (χ4v) is 2.69. The number of methoxy groups -OCH3 is 1. The first kappa shape index (κ1) is 22.5. The Bertz CT molecular complexity index is 1010. The van der Waals surface area contributed by atoms with Crippen molar-refractivity contribution in [3.63, 3.8) is 0 Å². The molecule has 2 rings (SSSR count). The quantitative estimate of drug-likeness (QED) is 0.405. The lowest BCUT2D eigenvalue weighted by molar-refractivity contribution is -0.145. The number of aryl methyl sites for hydroxylation is 2. The van der Waals surface area contributed by atoms with Gasteiger partial charge in [0.05, 0.1) is 13.7 Å². The predicted octanol–water partition coefficient (Wildman–Crippen LogP) is 3.80. The molecule has 0 aromatic heterocycles. The van der Waals surface area contributed by atoms with Gasteiger partial charge in [0.1, 0.15) is 11.6 Å². The summed E-state index contributed by atoms with van der Waals surface area (Å²) >= 11 is 0. The molecule has 0 heterocycles. The molecule has 7 nitrogen and oxygen atoms in total. The normalized spacial score (nSPS) is 10.7. The molecule has 0 unspecified atom stereocenters. The Labute approximate surface area is 175 Å².